The molecule has 0 saturated heterocycles. The van der Waals surface area contributed by atoms with Gasteiger partial charge >= 0.3 is 0 Å². The Hall–Kier alpha value is -1.26. The van der Waals surface area contributed by atoms with E-state index in [1.165, 1.54) is 0 Å². The van der Waals surface area contributed by atoms with E-state index >= 15 is 0 Å². The third-order valence-corrected chi connectivity index (χ3v) is 8.36. The molecule has 1 rings (SSSR count). The van der Waals surface area contributed by atoms with E-state index in [2.05, 4.69) is 33.9 Å². The lowest BCUT2D eigenvalue weighted by Gasteiger charge is -2.36. The van der Waals surface area contributed by atoms with Crippen molar-refractivity contribution in [3.63, 3.8) is 0 Å². The summed E-state index contributed by atoms with van der Waals surface area (Å²) in [5, 5.41) is 9.24. The van der Waals surface area contributed by atoms with Crippen molar-refractivity contribution in [1.82, 2.24) is 0 Å². The van der Waals surface area contributed by atoms with E-state index in [4.69, 9.17) is 14.3 Å². The van der Waals surface area contributed by atoms with Crippen LogP contribution in [0.4, 0.5) is 0 Å². The van der Waals surface area contributed by atoms with Crippen LogP contribution in [-0.2, 0) is 0 Å². The van der Waals surface area contributed by atoms with Crippen LogP contribution in [0.2, 0.25) is 18.1 Å². The van der Waals surface area contributed by atoms with Crippen molar-refractivity contribution in [3.05, 3.63) is 29.3 Å². The molecule has 4 heteroatoms. The third-order valence-electron chi connectivity index (χ3n) is 4.02. The second-order valence-corrected chi connectivity index (χ2v) is 11.6. The van der Waals surface area contributed by atoms with Gasteiger partial charge in [-0.25, -0.2) is 0 Å². The number of hydrogen-bond donors (Lipinski definition) is 1. The van der Waals surface area contributed by atoms with Gasteiger partial charge in [0.15, 0.2) is 5.75 Å². The average Bonchev–Trinajstić information content (AvgIpc) is 2.38. The van der Waals surface area contributed by atoms with Crippen LogP contribution in [0.25, 0.3) is 6.08 Å². The second kappa shape index (κ2) is 6.67. The molecule has 3 nitrogen and oxygen atoms in total. The Bertz CT molecular complexity index is 513. The maximum atomic E-state index is 9.10. The summed E-state index contributed by atoms with van der Waals surface area (Å²) in [6.07, 6.45) is 1.94. The van der Waals surface area contributed by atoms with Crippen molar-refractivity contribution in [2.24, 2.45) is 0 Å². The largest absolute Gasteiger partial charge is 0.541 e. The van der Waals surface area contributed by atoms with Crippen LogP contribution in [0, 0.1) is 0 Å². The summed E-state index contributed by atoms with van der Waals surface area (Å²) in [4.78, 5) is 0. The van der Waals surface area contributed by atoms with Crippen molar-refractivity contribution >= 4 is 14.4 Å². The van der Waals surface area contributed by atoms with Crippen LogP contribution in [-0.4, -0.2) is 27.1 Å². The highest BCUT2D eigenvalue weighted by Gasteiger charge is 2.39. The van der Waals surface area contributed by atoms with Gasteiger partial charge in [-0.15, -0.1) is 0 Å². The van der Waals surface area contributed by atoms with E-state index in [-0.39, 0.29) is 11.6 Å². The van der Waals surface area contributed by atoms with E-state index < -0.39 is 8.32 Å². The Morgan fingerprint density at radius 3 is 2.33 bits per heavy atom. The molecule has 118 valence electrons. The number of aliphatic hydroxyl groups excluding tert-OH is 1. The molecule has 1 aromatic carbocycles. The average molecular weight is 308 g/mol. The molecule has 0 heterocycles. The van der Waals surface area contributed by atoms with Crippen molar-refractivity contribution in [1.29, 1.82) is 0 Å². The van der Waals surface area contributed by atoms with Crippen molar-refractivity contribution in [2.45, 2.75) is 45.8 Å². The zero-order valence-corrected chi connectivity index (χ0v) is 15.3. The summed E-state index contributed by atoms with van der Waals surface area (Å²) in [5.74, 6) is 1.53. The minimum absolute atomic E-state index is 0.0601. The lowest BCUT2D eigenvalue weighted by atomic mass is 10.1. The summed E-state index contributed by atoms with van der Waals surface area (Å²) in [6.45, 7) is 13.0. The molecule has 0 aromatic heterocycles. The Kier molecular flexibility index (Phi) is 5.65. The van der Waals surface area contributed by atoms with E-state index in [0.29, 0.717) is 0 Å². The standard InChI is InChI=1S/C17H28O3Si/c1-13(12-18)10-14-8-9-15(16(11-14)19-5)20-21(6,7)17(2,3)4/h8-11,18H,12H2,1-7H3/b13-10+. The van der Waals surface area contributed by atoms with Gasteiger partial charge in [-0.2, -0.15) is 0 Å². The highest BCUT2D eigenvalue weighted by Crippen LogP contribution is 2.40. The van der Waals surface area contributed by atoms with Gasteiger partial charge in [-0.1, -0.05) is 32.9 Å². The predicted octanol–water partition coefficient (Wildman–Crippen LogP) is 4.47. The monoisotopic (exact) mass is 308 g/mol. The fraction of sp³-hybridized carbons (Fsp3) is 0.529. The van der Waals surface area contributed by atoms with Crippen molar-refractivity contribution in [2.75, 3.05) is 13.7 Å². The Labute approximate surface area is 129 Å². The molecule has 0 atom stereocenters. The summed E-state index contributed by atoms with van der Waals surface area (Å²) in [7, 11) is -0.232. The number of methoxy groups -OCH3 is 1. The summed E-state index contributed by atoms with van der Waals surface area (Å²) in [6, 6.07) is 5.89. The molecular weight excluding hydrogens is 280 g/mol. The molecule has 0 saturated carbocycles. The van der Waals surface area contributed by atoms with Gasteiger partial charge in [0.05, 0.1) is 13.7 Å². The molecule has 0 bridgehead atoms. The molecule has 0 fully saturated rings. The van der Waals surface area contributed by atoms with Gasteiger partial charge in [-0.05, 0) is 48.3 Å². The number of benzene rings is 1. The van der Waals surface area contributed by atoms with Gasteiger partial charge < -0.3 is 14.3 Å². The highest BCUT2D eigenvalue weighted by molar-refractivity contribution is 6.74. The van der Waals surface area contributed by atoms with Crippen molar-refractivity contribution in [3.8, 4) is 11.5 Å². The van der Waals surface area contributed by atoms with Crippen molar-refractivity contribution < 1.29 is 14.3 Å². The predicted molar refractivity (Wildman–Crippen MR) is 91.6 cm³/mol. The molecule has 0 aliphatic carbocycles. The summed E-state index contributed by atoms with van der Waals surface area (Å²) in [5.41, 5.74) is 1.91. The van der Waals surface area contributed by atoms with Crippen LogP contribution < -0.4 is 9.16 Å². The third kappa shape index (κ3) is 4.61. The zero-order valence-electron chi connectivity index (χ0n) is 14.3. The smallest absolute Gasteiger partial charge is 0.250 e. The lowest BCUT2D eigenvalue weighted by Crippen LogP contribution is -2.43. The maximum Gasteiger partial charge on any atom is 0.250 e. The molecule has 0 spiro atoms. The molecule has 21 heavy (non-hydrogen) atoms. The Morgan fingerprint density at radius 1 is 1.24 bits per heavy atom. The van der Waals surface area contributed by atoms with Gasteiger partial charge in [-0.3, -0.25) is 0 Å². The van der Waals surface area contributed by atoms with Gasteiger partial charge in [0.1, 0.15) is 5.75 Å². The number of ether oxygens (including phenoxy) is 1. The van der Waals surface area contributed by atoms with E-state index in [1.807, 2.05) is 31.2 Å². The first kappa shape index (κ1) is 17.8. The first-order valence-electron chi connectivity index (χ1n) is 7.26. The number of aliphatic hydroxyl groups is 1. The van der Waals surface area contributed by atoms with E-state index in [1.54, 1.807) is 7.11 Å². The molecule has 0 unspecified atom stereocenters. The van der Waals surface area contributed by atoms with Crippen LogP contribution in [0.15, 0.2) is 23.8 Å². The second-order valence-electron chi connectivity index (χ2n) is 6.92. The number of rotatable bonds is 5. The van der Waals surface area contributed by atoms with E-state index in [0.717, 1.165) is 22.6 Å². The van der Waals surface area contributed by atoms with Crippen LogP contribution in [0.3, 0.4) is 0 Å². The van der Waals surface area contributed by atoms with Crippen LogP contribution in [0.1, 0.15) is 33.3 Å². The lowest BCUT2D eigenvalue weighted by molar-refractivity contribution is 0.332. The SMILES string of the molecule is COc1cc(/C=C(\C)CO)ccc1O[Si](C)(C)C(C)(C)C. The summed E-state index contributed by atoms with van der Waals surface area (Å²) < 4.78 is 11.8. The summed E-state index contributed by atoms with van der Waals surface area (Å²) >= 11 is 0. The zero-order chi connectivity index (χ0) is 16.3. The minimum atomic E-state index is -1.89. The molecule has 0 aliphatic rings. The molecule has 0 radical (unpaired) electrons. The first-order valence-corrected chi connectivity index (χ1v) is 10.2. The minimum Gasteiger partial charge on any atom is -0.541 e. The highest BCUT2D eigenvalue weighted by atomic mass is 28.4. The van der Waals surface area contributed by atoms with E-state index in [9.17, 15) is 0 Å². The quantitative estimate of drug-likeness (QED) is 0.815. The molecular formula is C17H28O3Si. The van der Waals surface area contributed by atoms with Gasteiger partial charge in [0.2, 0.25) is 0 Å². The van der Waals surface area contributed by atoms with Gasteiger partial charge in [0.25, 0.3) is 8.32 Å². The normalized spacial score (nSPS) is 13.2. The Balaban J connectivity index is 3.11. The first-order chi connectivity index (χ1) is 9.60. The Morgan fingerprint density at radius 2 is 1.86 bits per heavy atom. The molecule has 1 N–H and O–H groups in total. The maximum absolute atomic E-state index is 9.10. The molecule has 0 aliphatic heterocycles. The molecule has 1 aromatic rings. The van der Waals surface area contributed by atoms with Crippen LogP contribution >= 0.6 is 0 Å². The molecule has 0 amide bonds. The van der Waals surface area contributed by atoms with Crippen LogP contribution in [0.5, 0.6) is 11.5 Å². The fourth-order valence-corrected chi connectivity index (χ4v) is 2.64. The topological polar surface area (TPSA) is 38.7 Å². The number of hydrogen-bond acceptors (Lipinski definition) is 3. The fourth-order valence-electron chi connectivity index (χ4n) is 1.62. The van der Waals surface area contributed by atoms with Gasteiger partial charge in [0, 0.05) is 0 Å².